The first-order valence-electron chi connectivity index (χ1n) is 8.11. The van der Waals surface area contributed by atoms with Gasteiger partial charge in [-0.15, -0.1) is 24.0 Å². The Morgan fingerprint density at radius 3 is 2.42 bits per heavy atom. The summed E-state index contributed by atoms with van der Waals surface area (Å²) < 4.78 is 60.6. The van der Waals surface area contributed by atoms with Gasteiger partial charge >= 0.3 is 6.18 Å². The van der Waals surface area contributed by atoms with E-state index in [2.05, 4.69) is 15.6 Å². The van der Waals surface area contributed by atoms with Gasteiger partial charge in [0, 0.05) is 19.1 Å². The van der Waals surface area contributed by atoms with Crippen molar-refractivity contribution in [2.24, 2.45) is 4.99 Å². The van der Waals surface area contributed by atoms with Gasteiger partial charge in [0.1, 0.15) is 0 Å². The SMILES string of the molecule is CCNC(=NCCc1ccc(C(F)(F)F)cc1)NC1CCS(=O)(=O)C1.I. The highest BCUT2D eigenvalue weighted by atomic mass is 127. The molecule has 2 rings (SSSR count). The summed E-state index contributed by atoms with van der Waals surface area (Å²) in [4.78, 5) is 4.37. The Labute approximate surface area is 168 Å². The van der Waals surface area contributed by atoms with Gasteiger partial charge in [0.05, 0.1) is 17.1 Å². The van der Waals surface area contributed by atoms with Crippen LogP contribution in [0.2, 0.25) is 0 Å². The molecule has 26 heavy (non-hydrogen) atoms. The Bertz CT molecular complexity index is 706. The fraction of sp³-hybridized carbons (Fsp3) is 0.562. The van der Waals surface area contributed by atoms with E-state index in [1.165, 1.54) is 12.1 Å². The van der Waals surface area contributed by atoms with Crippen molar-refractivity contribution in [1.82, 2.24) is 10.6 Å². The van der Waals surface area contributed by atoms with Crippen molar-refractivity contribution in [3.8, 4) is 0 Å². The number of rotatable bonds is 5. The van der Waals surface area contributed by atoms with E-state index in [0.717, 1.165) is 17.7 Å². The Morgan fingerprint density at radius 1 is 1.27 bits per heavy atom. The first kappa shape index (κ1) is 23.0. The summed E-state index contributed by atoms with van der Waals surface area (Å²) in [7, 11) is -2.97. The van der Waals surface area contributed by atoms with Gasteiger partial charge in [-0.3, -0.25) is 4.99 Å². The van der Waals surface area contributed by atoms with Gasteiger partial charge in [-0.2, -0.15) is 13.2 Å². The molecule has 0 spiro atoms. The molecule has 1 heterocycles. The summed E-state index contributed by atoms with van der Waals surface area (Å²) in [5, 5.41) is 6.15. The molecule has 0 aromatic heterocycles. The van der Waals surface area contributed by atoms with Gasteiger partial charge in [-0.25, -0.2) is 8.42 Å². The van der Waals surface area contributed by atoms with E-state index in [9.17, 15) is 21.6 Å². The van der Waals surface area contributed by atoms with Gasteiger partial charge in [-0.05, 0) is 37.5 Å². The Hall–Kier alpha value is -1.04. The topological polar surface area (TPSA) is 70.6 Å². The molecule has 1 saturated heterocycles. The summed E-state index contributed by atoms with van der Waals surface area (Å²) in [5.41, 5.74) is 0.0910. The maximum Gasteiger partial charge on any atom is 0.416 e. The van der Waals surface area contributed by atoms with E-state index >= 15 is 0 Å². The molecular formula is C16H23F3IN3O2S. The van der Waals surface area contributed by atoms with Crippen molar-refractivity contribution in [3.05, 3.63) is 35.4 Å². The minimum Gasteiger partial charge on any atom is -0.357 e. The lowest BCUT2D eigenvalue weighted by atomic mass is 10.1. The fourth-order valence-corrected chi connectivity index (χ4v) is 4.25. The number of hydrogen-bond donors (Lipinski definition) is 2. The van der Waals surface area contributed by atoms with Crippen molar-refractivity contribution in [2.75, 3.05) is 24.6 Å². The zero-order valence-electron chi connectivity index (χ0n) is 14.3. The molecule has 148 valence electrons. The summed E-state index contributed by atoms with van der Waals surface area (Å²) in [6, 6.07) is 4.86. The number of alkyl halides is 3. The van der Waals surface area contributed by atoms with Crippen molar-refractivity contribution >= 4 is 39.8 Å². The van der Waals surface area contributed by atoms with E-state index in [-0.39, 0.29) is 41.5 Å². The highest BCUT2D eigenvalue weighted by Gasteiger charge is 2.30. The van der Waals surface area contributed by atoms with Gasteiger partial charge in [0.25, 0.3) is 0 Å². The van der Waals surface area contributed by atoms with Gasteiger partial charge in [0.2, 0.25) is 0 Å². The lowest BCUT2D eigenvalue weighted by Crippen LogP contribution is -2.44. The number of nitrogens with zero attached hydrogens (tertiary/aromatic N) is 1. The highest BCUT2D eigenvalue weighted by molar-refractivity contribution is 14.0. The average molecular weight is 505 g/mol. The minimum atomic E-state index is -4.33. The third-order valence-corrected chi connectivity index (χ3v) is 5.64. The second-order valence-corrected chi connectivity index (χ2v) is 8.18. The van der Waals surface area contributed by atoms with E-state index in [4.69, 9.17) is 0 Å². The van der Waals surface area contributed by atoms with Gasteiger partial charge < -0.3 is 10.6 Å². The largest absolute Gasteiger partial charge is 0.416 e. The predicted octanol–water partition coefficient (Wildman–Crippen LogP) is 2.61. The quantitative estimate of drug-likeness (QED) is 0.367. The Kier molecular flexibility index (Phi) is 8.64. The van der Waals surface area contributed by atoms with Crippen LogP contribution < -0.4 is 10.6 Å². The number of guanidine groups is 1. The van der Waals surface area contributed by atoms with Crippen LogP contribution in [0.3, 0.4) is 0 Å². The van der Waals surface area contributed by atoms with Crippen molar-refractivity contribution < 1.29 is 21.6 Å². The molecule has 0 radical (unpaired) electrons. The second-order valence-electron chi connectivity index (χ2n) is 5.95. The smallest absolute Gasteiger partial charge is 0.357 e. The minimum absolute atomic E-state index is 0. The number of hydrogen-bond acceptors (Lipinski definition) is 3. The van der Waals surface area contributed by atoms with Crippen molar-refractivity contribution in [3.63, 3.8) is 0 Å². The van der Waals surface area contributed by atoms with E-state index < -0.39 is 21.6 Å². The average Bonchev–Trinajstić information content (AvgIpc) is 2.86. The van der Waals surface area contributed by atoms with Crippen LogP contribution in [0.25, 0.3) is 0 Å². The van der Waals surface area contributed by atoms with Crippen molar-refractivity contribution in [1.29, 1.82) is 0 Å². The van der Waals surface area contributed by atoms with Crippen LogP contribution in [0.5, 0.6) is 0 Å². The zero-order chi connectivity index (χ0) is 18.5. The zero-order valence-corrected chi connectivity index (χ0v) is 17.5. The van der Waals surface area contributed by atoms with E-state index in [0.29, 0.717) is 31.9 Å². The van der Waals surface area contributed by atoms with Crippen LogP contribution in [0.15, 0.2) is 29.3 Å². The van der Waals surface area contributed by atoms with Crippen LogP contribution in [-0.4, -0.2) is 45.0 Å². The first-order chi connectivity index (χ1) is 11.7. The monoisotopic (exact) mass is 505 g/mol. The second kappa shape index (κ2) is 9.77. The maximum absolute atomic E-state index is 12.5. The third kappa shape index (κ3) is 7.29. The Morgan fingerprint density at radius 2 is 1.92 bits per heavy atom. The molecule has 1 aromatic carbocycles. The molecular weight excluding hydrogens is 482 g/mol. The lowest BCUT2D eigenvalue weighted by Gasteiger charge is -2.15. The van der Waals surface area contributed by atoms with Crippen LogP contribution >= 0.6 is 24.0 Å². The molecule has 0 bridgehead atoms. The van der Waals surface area contributed by atoms with Crippen LogP contribution in [-0.2, 0) is 22.4 Å². The van der Waals surface area contributed by atoms with Crippen LogP contribution in [0.1, 0.15) is 24.5 Å². The molecule has 10 heteroatoms. The number of aliphatic imine (C=N–C) groups is 1. The lowest BCUT2D eigenvalue weighted by molar-refractivity contribution is -0.137. The maximum atomic E-state index is 12.5. The number of halogens is 4. The van der Waals surface area contributed by atoms with E-state index in [1.54, 1.807) is 0 Å². The number of sulfone groups is 1. The van der Waals surface area contributed by atoms with Gasteiger partial charge in [0.15, 0.2) is 15.8 Å². The molecule has 0 saturated carbocycles. The molecule has 1 atom stereocenters. The Balaban J connectivity index is 0.00000338. The molecule has 1 aromatic rings. The summed E-state index contributed by atoms with van der Waals surface area (Å²) in [6.07, 6.45) is -3.29. The van der Waals surface area contributed by atoms with Crippen molar-refractivity contribution in [2.45, 2.75) is 32.0 Å². The molecule has 2 N–H and O–H groups in total. The van der Waals surface area contributed by atoms with Crippen LogP contribution in [0, 0.1) is 0 Å². The molecule has 0 aliphatic carbocycles. The fourth-order valence-electron chi connectivity index (χ4n) is 2.58. The summed E-state index contributed by atoms with van der Waals surface area (Å²) in [5.74, 6) is 0.794. The molecule has 0 amide bonds. The highest BCUT2D eigenvalue weighted by Crippen LogP contribution is 2.29. The molecule has 1 fully saturated rings. The van der Waals surface area contributed by atoms with E-state index in [1.807, 2.05) is 6.92 Å². The number of benzene rings is 1. The van der Waals surface area contributed by atoms with Gasteiger partial charge in [-0.1, -0.05) is 12.1 Å². The molecule has 1 unspecified atom stereocenters. The first-order valence-corrected chi connectivity index (χ1v) is 9.93. The predicted molar refractivity (Wildman–Crippen MR) is 107 cm³/mol. The number of nitrogens with one attached hydrogen (secondary N) is 2. The molecule has 5 nitrogen and oxygen atoms in total. The molecule has 1 aliphatic heterocycles. The molecule has 1 aliphatic rings. The standard InChI is InChI=1S/C16H22F3N3O2S.HI/c1-2-20-15(22-14-8-10-25(23,24)11-14)21-9-7-12-3-5-13(6-4-12)16(17,18)19;/h3-6,14H,2,7-11H2,1H3,(H2,20,21,22);1H. The van der Waals surface area contributed by atoms with Crippen LogP contribution in [0.4, 0.5) is 13.2 Å². The summed E-state index contributed by atoms with van der Waals surface area (Å²) in [6.45, 7) is 2.92. The third-order valence-electron chi connectivity index (χ3n) is 3.87. The normalized spacial score (nSPS) is 19.7. The summed E-state index contributed by atoms with van der Waals surface area (Å²) >= 11 is 0.